The van der Waals surface area contributed by atoms with Gasteiger partial charge in [-0.2, -0.15) is 0 Å². The molecule has 14 heavy (non-hydrogen) atoms. The molecule has 0 heterocycles. The standard InChI is InChI=1S/C10H22BNO2/c1-9(2)5-7-11(6-4-8-12)14-10(3)13/h9H,4-8,12H2,1-3H3. The number of carbonyl (C=O) groups excluding carboxylic acids is 1. The largest absolute Gasteiger partial charge is 0.537 e. The Hall–Kier alpha value is -0.505. The third kappa shape index (κ3) is 8.11. The van der Waals surface area contributed by atoms with Crippen LogP contribution in [-0.4, -0.2) is 19.4 Å². The molecule has 0 unspecified atom stereocenters. The molecule has 3 nitrogen and oxygen atoms in total. The molecular weight excluding hydrogens is 177 g/mol. The molecule has 82 valence electrons. The van der Waals surface area contributed by atoms with E-state index in [9.17, 15) is 4.79 Å². The maximum absolute atomic E-state index is 10.8. The molecule has 0 aliphatic rings. The third-order valence-corrected chi connectivity index (χ3v) is 2.13. The first-order chi connectivity index (χ1) is 6.56. The SMILES string of the molecule is CC(=O)OB(CCCN)CCC(C)C. The van der Waals surface area contributed by atoms with Gasteiger partial charge in [0.05, 0.1) is 0 Å². The molecule has 0 saturated heterocycles. The molecule has 0 radical (unpaired) electrons. The zero-order chi connectivity index (χ0) is 11.0. The molecule has 0 rings (SSSR count). The Morgan fingerprint density at radius 2 is 2.07 bits per heavy atom. The molecule has 4 heteroatoms. The first-order valence-corrected chi connectivity index (χ1v) is 5.43. The van der Waals surface area contributed by atoms with Crippen LogP contribution in [0.4, 0.5) is 0 Å². The summed E-state index contributed by atoms with van der Waals surface area (Å²) in [7, 11) is 0. The smallest absolute Gasteiger partial charge is 0.361 e. The molecule has 0 amide bonds. The predicted octanol–water partition coefficient (Wildman–Crippen LogP) is 1.94. The Morgan fingerprint density at radius 3 is 2.50 bits per heavy atom. The highest BCUT2D eigenvalue weighted by molar-refractivity contribution is 6.53. The van der Waals surface area contributed by atoms with Gasteiger partial charge in [-0.05, 0) is 31.5 Å². The monoisotopic (exact) mass is 199 g/mol. The van der Waals surface area contributed by atoms with Gasteiger partial charge < -0.3 is 10.4 Å². The second-order valence-electron chi connectivity index (χ2n) is 4.13. The average Bonchev–Trinajstić information content (AvgIpc) is 2.09. The molecule has 2 N–H and O–H groups in total. The van der Waals surface area contributed by atoms with Crippen molar-refractivity contribution in [1.29, 1.82) is 0 Å². The fraction of sp³-hybridized carbons (Fsp3) is 0.900. The van der Waals surface area contributed by atoms with Crippen molar-refractivity contribution in [3.8, 4) is 0 Å². The van der Waals surface area contributed by atoms with E-state index in [1.807, 2.05) is 0 Å². The van der Waals surface area contributed by atoms with Crippen LogP contribution in [0.15, 0.2) is 0 Å². The highest BCUT2D eigenvalue weighted by Gasteiger charge is 2.18. The molecular formula is C10H22BNO2. The Bertz CT molecular complexity index is 162. The molecule has 0 spiro atoms. The van der Waals surface area contributed by atoms with Gasteiger partial charge in [0.25, 0.3) is 5.97 Å². The Morgan fingerprint density at radius 1 is 1.43 bits per heavy atom. The van der Waals surface area contributed by atoms with Crippen molar-refractivity contribution in [3.63, 3.8) is 0 Å². The third-order valence-electron chi connectivity index (χ3n) is 2.13. The summed E-state index contributed by atoms with van der Waals surface area (Å²) in [5, 5.41) is 0. The summed E-state index contributed by atoms with van der Waals surface area (Å²) in [4.78, 5) is 10.8. The molecule has 0 bridgehead atoms. The van der Waals surface area contributed by atoms with Crippen LogP contribution < -0.4 is 5.73 Å². The molecule has 0 aliphatic heterocycles. The van der Waals surface area contributed by atoms with Crippen LogP contribution in [0.2, 0.25) is 12.6 Å². The van der Waals surface area contributed by atoms with Crippen molar-refractivity contribution in [2.24, 2.45) is 11.7 Å². The lowest BCUT2D eigenvalue weighted by Gasteiger charge is -2.13. The summed E-state index contributed by atoms with van der Waals surface area (Å²) in [6.45, 7) is 6.55. The minimum absolute atomic E-state index is 0.0680. The summed E-state index contributed by atoms with van der Waals surface area (Å²) in [6.07, 6.45) is 3.87. The van der Waals surface area contributed by atoms with E-state index in [0.29, 0.717) is 12.5 Å². The predicted molar refractivity (Wildman–Crippen MR) is 60.3 cm³/mol. The number of rotatable bonds is 7. The molecule has 0 aliphatic carbocycles. The molecule has 0 atom stereocenters. The minimum Gasteiger partial charge on any atom is -0.537 e. The molecule has 0 aromatic heterocycles. The molecule has 0 aromatic carbocycles. The van der Waals surface area contributed by atoms with Crippen LogP contribution in [0.1, 0.15) is 33.6 Å². The fourth-order valence-electron chi connectivity index (χ4n) is 1.36. The van der Waals surface area contributed by atoms with Crippen molar-refractivity contribution in [2.75, 3.05) is 6.54 Å². The van der Waals surface area contributed by atoms with E-state index in [1.54, 1.807) is 0 Å². The second kappa shape index (κ2) is 7.86. The van der Waals surface area contributed by atoms with Gasteiger partial charge in [-0.15, -0.1) is 0 Å². The van der Waals surface area contributed by atoms with Crippen LogP contribution in [-0.2, 0) is 9.45 Å². The van der Waals surface area contributed by atoms with Gasteiger partial charge >= 0.3 is 6.92 Å². The van der Waals surface area contributed by atoms with Gasteiger partial charge in [-0.25, -0.2) is 0 Å². The Labute approximate surface area is 87.5 Å². The summed E-state index contributed by atoms with van der Waals surface area (Å²) < 4.78 is 5.21. The first kappa shape index (κ1) is 13.5. The van der Waals surface area contributed by atoms with Crippen molar-refractivity contribution >= 4 is 12.9 Å². The topological polar surface area (TPSA) is 52.3 Å². The summed E-state index contributed by atoms with van der Waals surface area (Å²) in [5.41, 5.74) is 5.42. The van der Waals surface area contributed by atoms with Crippen LogP contribution in [0, 0.1) is 5.92 Å². The van der Waals surface area contributed by atoms with E-state index in [2.05, 4.69) is 13.8 Å². The van der Waals surface area contributed by atoms with E-state index in [4.69, 9.17) is 10.4 Å². The van der Waals surface area contributed by atoms with Crippen molar-refractivity contribution in [1.82, 2.24) is 0 Å². The van der Waals surface area contributed by atoms with E-state index in [-0.39, 0.29) is 12.9 Å². The number of carbonyl (C=O) groups is 1. The van der Waals surface area contributed by atoms with E-state index >= 15 is 0 Å². The molecule has 0 aromatic rings. The van der Waals surface area contributed by atoms with Crippen LogP contribution in [0.5, 0.6) is 0 Å². The van der Waals surface area contributed by atoms with Crippen LogP contribution >= 0.6 is 0 Å². The lowest BCUT2D eigenvalue weighted by molar-refractivity contribution is -0.132. The highest BCUT2D eigenvalue weighted by atomic mass is 16.5. The van der Waals surface area contributed by atoms with E-state index in [1.165, 1.54) is 6.92 Å². The lowest BCUT2D eigenvalue weighted by Crippen LogP contribution is -2.22. The van der Waals surface area contributed by atoms with Gasteiger partial charge in [-0.1, -0.05) is 20.3 Å². The average molecular weight is 199 g/mol. The lowest BCUT2D eigenvalue weighted by atomic mass is 9.59. The number of hydrogen-bond acceptors (Lipinski definition) is 3. The highest BCUT2D eigenvalue weighted by Crippen LogP contribution is 2.12. The Balaban J connectivity index is 3.78. The first-order valence-electron chi connectivity index (χ1n) is 5.43. The van der Waals surface area contributed by atoms with Gasteiger partial charge in [-0.3, -0.25) is 4.79 Å². The van der Waals surface area contributed by atoms with Gasteiger partial charge in [0.1, 0.15) is 0 Å². The van der Waals surface area contributed by atoms with E-state index in [0.717, 1.165) is 25.5 Å². The Kier molecular flexibility index (Phi) is 7.57. The number of hydrogen-bond donors (Lipinski definition) is 1. The minimum atomic E-state index is -0.184. The van der Waals surface area contributed by atoms with Gasteiger partial charge in [0.2, 0.25) is 0 Å². The van der Waals surface area contributed by atoms with Crippen LogP contribution in [0.25, 0.3) is 0 Å². The van der Waals surface area contributed by atoms with Crippen molar-refractivity contribution in [3.05, 3.63) is 0 Å². The maximum atomic E-state index is 10.8. The quantitative estimate of drug-likeness (QED) is 0.637. The zero-order valence-electron chi connectivity index (χ0n) is 9.58. The van der Waals surface area contributed by atoms with Gasteiger partial charge in [0, 0.05) is 6.92 Å². The zero-order valence-corrected chi connectivity index (χ0v) is 9.58. The summed E-state index contributed by atoms with van der Waals surface area (Å²) in [6, 6.07) is 0. The summed E-state index contributed by atoms with van der Waals surface area (Å²) >= 11 is 0. The summed E-state index contributed by atoms with van der Waals surface area (Å²) in [5.74, 6) is 0.474. The molecule has 0 fully saturated rings. The number of nitrogens with two attached hydrogens (primary N) is 1. The maximum Gasteiger partial charge on any atom is 0.361 e. The van der Waals surface area contributed by atoms with Crippen molar-refractivity contribution in [2.45, 2.75) is 46.3 Å². The van der Waals surface area contributed by atoms with Gasteiger partial charge in [0.15, 0.2) is 0 Å². The second-order valence-corrected chi connectivity index (χ2v) is 4.13. The fourth-order valence-corrected chi connectivity index (χ4v) is 1.36. The van der Waals surface area contributed by atoms with Crippen molar-refractivity contribution < 1.29 is 9.45 Å². The molecule has 0 saturated carbocycles. The normalized spacial score (nSPS) is 10.4. The van der Waals surface area contributed by atoms with E-state index < -0.39 is 0 Å². The van der Waals surface area contributed by atoms with Crippen LogP contribution in [0.3, 0.4) is 0 Å².